The fourth-order valence-electron chi connectivity index (χ4n) is 3.65. The molecule has 2 atom stereocenters. The molecule has 16 heavy (non-hydrogen) atoms. The second kappa shape index (κ2) is 5.17. The molecule has 1 saturated carbocycles. The topological polar surface area (TPSA) is 53.1 Å². The van der Waals surface area contributed by atoms with Crippen LogP contribution < -0.4 is 5.73 Å². The van der Waals surface area contributed by atoms with Crippen molar-refractivity contribution in [1.29, 1.82) is 5.41 Å². The largest absolute Gasteiger partial charge is 0.388 e. The van der Waals surface area contributed by atoms with Crippen molar-refractivity contribution in [3.63, 3.8) is 0 Å². The number of likely N-dealkylation sites (tertiary alicyclic amines) is 1. The molecule has 1 heterocycles. The Kier molecular flexibility index (Phi) is 3.85. The monoisotopic (exact) mass is 223 g/mol. The molecule has 0 amide bonds. The Morgan fingerprint density at radius 2 is 2.00 bits per heavy atom. The molecule has 0 aromatic rings. The molecule has 1 aliphatic heterocycles. The minimum atomic E-state index is 0.338. The molecule has 0 bridgehead atoms. The van der Waals surface area contributed by atoms with E-state index in [9.17, 15) is 0 Å². The molecule has 1 aliphatic carbocycles. The number of nitrogens with two attached hydrogens (primary N) is 1. The molecule has 1 saturated heterocycles. The summed E-state index contributed by atoms with van der Waals surface area (Å²) in [6.07, 6.45) is 9.15. The van der Waals surface area contributed by atoms with E-state index < -0.39 is 0 Å². The van der Waals surface area contributed by atoms with E-state index in [0.717, 1.165) is 18.4 Å². The van der Waals surface area contributed by atoms with E-state index in [1.165, 1.54) is 45.1 Å². The number of nitrogens with one attached hydrogen (secondary N) is 1. The zero-order valence-electron chi connectivity index (χ0n) is 10.4. The summed E-state index contributed by atoms with van der Waals surface area (Å²) in [5, 5.41) is 7.42. The number of nitrogens with zero attached hydrogens (tertiary/aromatic N) is 1. The lowest BCUT2D eigenvalue weighted by Gasteiger charge is -2.34. The highest BCUT2D eigenvalue weighted by atomic mass is 15.2. The number of rotatable bonds is 4. The second-order valence-corrected chi connectivity index (χ2v) is 5.57. The van der Waals surface area contributed by atoms with E-state index in [2.05, 4.69) is 11.8 Å². The molecule has 92 valence electrons. The van der Waals surface area contributed by atoms with Gasteiger partial charge in [0.2, 0.25) is 0 Å². The van der Waals surface area contributed by atoms with Crippen molar-refractivity contribution in [3.8, 4) is 0 Å². The summed E-state index contributed by atoms with van der Waals surface area (Å²) in [7, 11) is 0. The maximum absolute atomic E-state index is 7.42. The highest BCUT2D eigenvalue weighted by Gasteiger charge is 2.35. The van der Waals surface area contributed by atoms with Crippen molar-refractivity contribution in [3.05, 3.63) is 0 Å². The lowest BCUT2D eigenvalue weighted by atomic mass is 9.95. The lowest BCUT2D eigenvalue weighted by Crippen LogP contribution is -2.42. The van der Waals surface area contributed by atoms with Crippen LogP contribution in [0, 0.1) is 11.3 Å². The molecule has 0 aromatic heterocycles. The molecule has 3 heteroatoms. The van der Waals surface area contributed by atoms with Crippen molar-refractivity contribution in [2.24, 2.45) is 11.7 Å². The van der Waals surface area contributed by atoms with E-state index in [0.29, 0.717) is 11.9 Å². The van der Waals surface area contributed by atoms with Gasteiger partial charge in [0.05, 0.1) is 5.84 Å². The molecule has 3 nitrogen and oxygen atoms in total. The van der Waals surface area contributed by atoms with Gasteiger partial charge in [0.15, 0.2) is 0 Å². The van der Waals surface area contributed by atoms with Crippen LogP contribution in [0.4, 0.5) is 0 Å². The Hall–Kier alpha value is -0.570. The predicted molar refractivity (Wildman–Crippen MR) is 67.7 cm³/mol. The summed E-state index contributed by atoms with van der Waals surface area (Å²) in [6.45, 7) is 3.45. The Labute approximate surface area is 98.9 Å². The van der Waals surface area contributed by atoms with Crippen molar-refractivity contribution in [1.82, 2.24) is 4.90 Å². The van der Waals surface area contributed by atoms with Crippen LogP contribution in [0.2, 0.25) is 0 Å². The van der Waals surface area contributed by atoms with Crippen molar-refractivity contribution in [2.45, 2.75) is 64.0 Å². The Bertz CT molecular complexity index is 246. The summed E-state index contributed by atoms with van der Waals surface area (Å²) < 4.78 is 0. The van der Waals surface area contributed by atoms with E-state index >= 15 is 0 Å². The first kappa shape index (κ1) is 11.9. The minimum absolute atomic E-state index is 0.338. The summed E-state index contributed by atoms with van der Waals surface area (Å²) >= 11 is 0. The Morgan fingerprint density at radius 1 is 1.31 bits per heavy atom. The zero-order valence-corrected chi connectivity index (χ0v) is 10.4. The van der Waals surface area contributed by atoms with Crippen LogP contribution in [0.3, 0.4) is 0 Å². The van der Waals surface area contributed by atoms with Crippen LogP contribution in [0.25, 0.3) is 0 Å². The van der Waals surface area contributed by atoms with Crippen molar-refractivity contribution >= 4 is 5.84 Å². The van der Waals surface area contributed by atoms with Gasteiger partial charge in [-0.3, -0.25) is 10.3 Å². The van der Waals surface area contributed by atoms with Crippen LogP contribution in [-0.2, 0) is 0 Å². The first-order valence-electron chi connectivity index (χ1n) is 6.77. The van der Waals surface area contributed by atoms with Gasteiger partial charge in [-0.05, 0) is 45.1 Å². The van der Waals surface area contributed by atoms with Crippen LogP contribution in [0.1, 0.15) is 51.9 Å². The van der Waals surface area contributed by atoms with Gasteiger partial charge in [-0.15, -0.1) is 0 Å². The molecule has 2 aliphatic rings. The lowest BCUT2D eigenvalue weighted by molar-refractivity contribution is 0.147. The Balaban J connectivity index is 1.93. The summed E-state index contributed by atoms with van der Waals surface area (Å²) in [6, 6.07) is 1.25. The van der Waals surface area contributed by atoms with E-state index in [4.69, 9.17) is 11.1 Å². The van der Waals surface area contributed by atoms with Crippen LogP contribution in [0.15, 0.2) is 0 Å². The summed E-state index contributed by atoms with van der Waals surface area (Å²) in [5.41, 5.74) is 5.52. The SMILES string of the molecule is CC(CC(=N)N)N1CCCC1C1CCCC1. The number of hydrogen-bond donors (Lipinski definition) is 2. The van der Waals surface area contributed by atoms with Crippen molar-refractivity contribution in [2.75, 3.05) is 6.54 Å². The van der Waals surface area contributed by atoms with Crippen LogP contribution >= 0.6 is 0 Å². The molecular formula is C13H25N3. The molecular weight excluding hydrogens is 198 g/mol. The van der Waals surface area contributed by atoms with E-state index in [-0.39, 0.29) is 0 Å². The molecule has 2 rings (SSSR count). The average Bonchev–Trinajstić information content (AvgIpc) is 2.87. The zero-order chi connectivity index (χ0) is 11.5. The molecule has 0 radical (unpaired) electrons. The van der Waals surface area contributed by atoms with Gasteiger partial charge in [-0.1, -0.05) is 12.8 Å². The van der Waals surface area contributed by atoms with Gasteiger partial charge in [0, 0.05) is 18.5 Å². The van der Waals surface area contributed by atoms with Gasteiger partial charge in [-0.25, -0.2) is 0 Å². The molecule has 2 fully saturated rings. The maximum Gasteiger partial charge on any atom is 0.0920 e. The number of amidine groups is 1. The minimum Gasteiger partial charge on any atom is -0.388 e. The first-order valence-corrected chi connectivity index (χ1v) is 6.77. The van der Waals surface area contributed by atoms with Crippen molar-refractivity contribution < 1.29 is 0 Å². The van der Waals surface area contributed by atoms with Crippen LogP contribution in [0.5, 0.6) is 0 Å². The third-order valence-electron chi connectivity index (χ3n) is 4.37. The third kappa shape index (κ3) is 2.57. The molecule has 0 aromatic carbocycles. The number of hydrogen-bond acceptors (Lipinski definition) is 2. The summed E-state index contributed by atoms with van der Waals surface area (Å²) in [5.74, 6) is 1.27. The fourth-order valence-corrected chi connectivity index (χ4v) is 3.65. The van der Waals surface area contributed by atoms with Gasteiger partial charge >= 0.3 is 0 Å². The quantitative estimate of drug-likeness (QED) is 0.568. The van der Waals surface area contributed by atoms with E-state index in [1.807, 2.05) is 0 Å². The summed E-state index contributed by atoms with van der Waals surface area (Å²) in [4.78, 5) is 2.62. The highest BCUT2D eigenvalue weighted by Crippen LogP contribution is 2.36. The average molecular weight is 223 g/mol. The van der Waals surface area contributed by atoms with Gasteiger partial charge in [0.1, 0.15) is 0 Å². The van der Waals surface area contributed by atoms with Gasteiger partial charge < -0.3 is 5.73 Å². The van der Waals surface area contributed by atoms with Gasteiger partial charge in [0.25, 0.3) is 0 Å². The molecule has 2 unspecified atom stereocenters. The normalized spacial score (nSPS) is 29.7. The third-order valence-corrected chi connectivity index (χ3v) is 4.37. The predicted octanol–water partition coefficient (Wildman–Crippen LogP) is 2.36. The fraction of sp³-hybridized carbons (Fsp3) is 0.923. The molecule has 0 spiro atoms. The van der Waals surface area contributed by atoms with Crippen LogP contribution in [-0.4, -0.2) is 29.4 Å². The van der Waals surface area contributed by atoms with Gasteiger partial charge in [-0.2, -0.15) is 0 Å². The molecule has 3 N–H and O–H groups in total. The highest BCUT2D eigenvalue weighted by molar-refractivity contribution is 5.77. The maximum atomic E-state index is 7.42. The standard InChI is InChI=1S/C13H25N3/c1-10(9-13(14)15)16-8-4-7-12(16)11-5-2-3-6-11/h10-12H,2-9H2,1H3,(H3,14,15). The smallest absolute Gasteiger partial charge is 0.0920 e. The Morgan fingerprint density at radius 3 is 2.62 bits per heavy atom. The van der Waals surface area contributed by atoms with E-state index in [1.54, 1.807) is 0 Å². The first-order chi connectivity index (χ1) is 7.68. The second-order valence-electron chi connectivity index (χ2n) is 5.57.